The van der Waals surface area contributed by atoms with E-state index in [-0.39, 0.29) is 6.10 Å². The SMILES string of the molecule is O=COC(CBr)COc1ccccc1. The van der Waals surface area contributed by atoms with Crippen molar-refractivity contribution in [2.45, 2.75) is 6.10 Å². The molecule has 1 rings (SSSR count). The van der Waals surface area contributed by atoms with E-state index in [0.717, 1.165) is 5.75 Å². The second kappa shape index (κ2) is 6.43. The molecule has 0 saturated carbocycles. The van der Waals surface area contributed by atoms with Crippen LogP contribution in [0.15, 0.2) is 30.3 Å². The highest BCUT2D eigenvalue weighted by atomic mass is 79.9. The number of rotatable bonds is 6. The molecule has 0 spiro atoms. The van der Waals surface area contributed by atoms with Crippen molar-refractivity contribution in [1.29, 1.82) is 0 Å². The lowest BCUT2D eigenvalue weighted by Crippen LogP contribution is -2.22. The predicted molar refractivity (Wildman–Crippen MR) is 56.7 cm³/mol. The summed E-state index contributed by atoms with van der Waals surface area (Å²) in [7, 11) is 0. The third-order valence-electron chi connectivity index (χ3n) is 1.60. The van der Waals surface area contributed by atoms with Crippen LogP contribution in [0, 0.1) is 0 Å². The fourth-order valence-corrected chi connectivity index (χ4v) is 1.24. The van der Waals surface area contributed by atoms with E-state index in [1.807, 2.05) is 30.3 Å². The zero-order chi connectivity index (χ0) is 10.2. The van der Waals surface area contributed by atoms with Crippen LogP contribution in [0.3, 0.4) is 0 Å². The van der Waals surface area contributed by atoms with Gasteiger partial charge in [0.15, 0.2) is 0 Å². The number of hydrogen-bond donors (Lipinski definition) is 0. The fraction of sp³-hybridized carbons (Fsp3) is 0.300. The van der Waals surface area contributed by atoms with Crippen LogP contribution >= 0.6 is 15.9 Å². The number of ether oxygens (including phenoxy) is 2. The van der Waals surface area contributed by atoms with Crippen molar-refractivity contribution >= 4 is 22.4 Å². The minimum Gasteiger partial charge on any atom is -0.490 e. The molecule has 0 N–H and O–H groups in total. The monoisotopic (exact) mass is 258 g/mol. The second-order valence-corrected chi connectivity index (χ2v) is 3.28. The van der Waals surface area contributed by atoms with Gasteiger partial charge in [0.1, 0.15) is 18.5 Å². The minimum absolute atomic E-state index is 0.243. The average molecular weight is 259 g/mol. The number of halogens is 1. The highest BCUT2D eigenvalue weighted by molar-refractivity contribution is 9.09. The molecular weight excluding hydrogens is 248 g/mol. The zero-order valence-corrected chi connectivity index (χ0v) is 9.14. The first-order valence-electron chi connectivity index (χ1n) is 4.19. The Balaban J connectivity index is 2.35. The first-order valence-corrected chi connectivity index (χ1v) is 5.32. The second-order valence-electron chi connectivity index (χ2n) is 2.63. The lowest BCUT2D eigenvalue weighted by atomic mass is 10.3. The van der Waals surface area contributed by atoms with Gasteiger partial charge in [-0.05, 0) is 12.1 Å². The summed E-state index contributed by atoms with van der Waals surface area (Å²) in [5, 5.41) is 0.568. The molecule has 4 heteroatoms. The molecule has 0 fully saturated rings. The summed E-state index contributed by atoms with van der Waals surface area (Å²) in [6.07, 6.45) is -0.243. The van der Waals surface area contributed by atoms with Crippen LogP contribution in [0.1, 0.15) is 0 Å². The first kappa shape index (κ1) is 11.0. The topological polar surface area (TPSA) is 35.5 Å². The van der Waals surface area contributed by atoms with Crippen molar-refractivity contribution in [2.75, 3.05) is 11.9 Å². The number of carbonyl (C=O) groups excluding carboxylic acids is 1. The Morgan fingerprint density at radius 3 is 2.64 bits per heavy atom. The summed E-state index contributed by atoms with van der Waals surface area (Å²) in [6, 6.07) is 9.40. The quantitative estimate of drug-likeness (QED) is 0.579. The number of carbonyl (C=O) groups is 1. The molecule has 1 atom stereocenters. The number of benzene rings is 1. The molecule has 0 saturated heterocycles. The van der Waals surface area contributed by atoms with Crippen molar-refractivity contribution in [3.63, 3.8) is 0 Å². The van der Waals surface area contributed by atoms with E-state index in [1.165, 1.54) is 0 Å². The molecule has 14 heavy (non-hydrogen) atoms. The molecule has 0 heterocycles. The van der Waals surface area contributed by atoms with Crippen LogP contribution in [0.4, 0.5) is 0 Å². The summed E-state index contributed by atoms with van der Waals surface area (Å²) >= 11 is 3.23. The van der Waals surface area contributed by atoms with Crippen molar-refractivity contribution in [3.8, 4) is 5.75 Å². The Labute approximate surface area is 91.1 Å². The van der Waals surface area contributed by atoms with Gasteiger partial charge in [0.05, 0.1) is 0 Å². The number of hydrogen-bond acceptors (Lipinski definition) is 3. The molecule has 0 aliphatic heterocycles. The summed E-state index contributed by atoms with van der Waals surface area (Å²) in [5.41, 5.74) is 0. The zero-order valence-electron chi connectivity index (χ0n) is 7.56. The first-order chi connectivity index (χ1) is 6.86. The Hall–Kier alpha value is -1.03. The third-order valence-corrected chi connectivity index (χ3v) is 2.32. The molecule has 0 amide bonds. The highest BCUT2D eigenvalue weighted by Gasteiger charge is 2.07. The van der Waals surface area contributed by atoms with Crippen LogP contribution in [-0.2, 0) is 9.53 Å². The van der Waals surface area contributed by atoms with Crippen LogP contribution in [0.5, 0.6) is 5.75 Å². The van der Waals surface area contributed by atoms with E-state index in [9.17, 15) is 4.79 Å². The van der Waals surface area contributed by atoms with E-state index in [1.54, 1.807) is 0 Å². The van der Waals surface area contributed by atoms with E-state index >= 15 is 0 Å². The molecule has 0 aliphatic carbocycles. The van der Waals surface area contributed by atoms with Gasteiger partial charge >= 0.3 is 0 Å². The molecule has 0 aliphatic rings. The molecule has 1 aromatic rings. The van der Waals surface area contributed by atoms with Gasteiger partial charge in [-0.2, -0.15) is 0 Å². The van der Waals surface area contributed by atoms with Gasteiger partial charge in [-0.15, -0.1) is 0 Å². The molecule has 0 radical (unpaired) electrons. The van der Waals surface area contributed by atoms with Crippen molar-refractivity contribution in [1.82, 2.24) is 0 Å². The highest BCUT2D eigenvalue weighted by Crippen LogP contribution is 2.09. The Morgan fingerprint density at radius 2 is 2.07 bits per heavy atom. The fourth-order valence-electron chi connectivity index (χ4n) is 0.905. The van der Waals surface area contributed by atoms with Gasteiger partial charge < -0.3 is 9.47 Å². The molecule has 1 unspecified atom stereocenters. The Bertz CT molecular complexity index is 263. The van der Waals surface area contributed by atoms with E-state index < -0.39 is 0 Å². The maximum atomic E-state index is 10.1. The van der Waals surface area contributed by atoms with Crippen LogP contribution in [0.25, 0.3) is 0 Å². The van der Waals surface area contributed by atoms with Gasteiger partial charge in [-0.25, -0.2) is 0 Å². The maximum absolute atomic E-state index is 10.1. The van der Waals surface area contributed by atoms with Crippen LogP contribution in [-0.4, -0.2) is 24.5 Å². The molecule has 1 aromatic carbocycles. The van der Waals surface area contributed by atoms with Gasteiger partial charge in [-0.1, -0.05) is 34.1 Å². The summed E-state index contributed by atoms with van der Waals surface area (Å²) in [6.45, 7) is 0.786. The van der Waals surface area contributed by atoms with Crippen molar-refractivity contribution in [3.05, 3.63) is 30.3 Å². The average Bonchev–Trinajstić information content (AvgIpc) is 2.25. The summed E-state index contributed by atoms with van der Waals surface area (Å²) in [5.74, 6) is 0.771. The van der Waals surface area contributed by atoms with Gasteiger partial charge in [0.25, 0.3) is 6.47 Å². The molecule has 0 aromatic heterocycles. The van der Waals surface area contributed by atoms with Crippen molar-refractivity contribution < 1.29 is 14.3 Å². The normalized spacial score (nSPS) is 11.8. The molecule has 76 valence electrons. The summed E-state index contributed by atoms with van der Waals surface area (Å²) < 4.78 is 10.2. The molecular formula is C10H11BrO3. The Morgan fingerprint density at radius 1 is 1.36 bits per heavy atom. The smallest absolute Gasteiger partial charge is 0.293 e. The lowest BCUT2D eigenvalue weighted by molar-refractivity contribution is -0.133. The van der Waals surface area contributed by atoms with Crippen LogP contribution in [0.2, 0.25) is 0 Å². The van der Waals surface area contributed by atoms with Gasteiger partial charge in [0, 0.05) is 5.33 Å². The Kier molecular flexibility index (Phi) is 5.07. The third kappa shape index (κ3) is 3.79. The predicted octanol–water partition coefficient (Wildman–Crippen LogP) is 2.00. The molecule has 0 bridgehead atoms. The van der Waals surface area contributed by atoms with Crippen LogP contribution < -0.4 is 4.74 Å². The summed E-state index contributed by atoms with van der Waals surface area (Å²) in [4.78, 5) is 10.1. The number of para-hydroxylation sites is 1. The van der Waals surface area contributed by atoms with Gasteiger partial charge in [0.2, 0.25) is 0 Å². The molecule has 3 nitrogen and oxygen atoms in total. The van der Waals surface area contributed by atoms with Gasteiger partial charge in [-0.3, -0.25) is 4.79 Å². The van der Waals surface area contributed by atoms with E-state index in [2.05, 4.69) is 15.9 Å². The van der Waals surface area contributed by atoms with E-state index in [0.29, 0.717) is 18.4 Å². The largest absolute Gasteiger partial charge is 0.490 e. The minimum atomic E-state index is -0.243. The number of alkyl halides is 1. The lowest BCUT2D eigenvalue weighted by Gasteiger charge is -2.13. The van der Waals surface area contributed by atoms with Crippen molar-refractivity contribution in [2.24, 2.45) is 0 Å². The standard InChI is InChI=1S/C10H11BrO3/c11-6-10(14-8-12)7-13-9-4-2-1-3-5-9/h1-5,8,10H,6-7H2. The maximum Gasteiger partial charge on any atom is 0.293 e. The van der Waals surface area contributed by atoms with E-state index in [4.69, 9.17) is 9.47 Å².